The maximum Gasteiger partial charge on any atom is 0.238 e. The molecule has 1 aliphatic heterocycles. The standard InChI is InChI=1S/C19H25N5O/c20-23-18(25)14-16-5-3-15(4-6-16)7-8-17-2-1-9-22-19(17)24-12-10-21-11-13-24/h1-6,9,21H,7-8,10-14,20H2,(H,23,25). The van der Waals surface area contributed by atoms with Crippen molar-refractivity contribution >= 4 is 11.7 Å². The summed E-state index contributed by atoms with van der Waals surface area (Å²) in [6, 6.07) is 12.3. The summed E-state index contributed by atoms with van der Waals surface area (Å²) in [5, 5.41) is 3.38. The van der Waals surface area contributed by atoms with E-state index >= 15 is 0 Å². The zero-order valence-electron chi connectivity index (χ0n) is 14.4. The Labute approximate surface area is 148 Å². The van der Waals surface area contributed by atoms with Crippen LogP contribution in [0.3, 0.4) is 0 Å². The maximum absolute atomic E-state index is 11.3. The van der Waals surface area contributed by atoms with E-state index in [9.17, 15) is 4.79 Å². The lowest BCUT2D eigenvalue weighted by molar-refractivity contribution is -0.120. The van der Waals surface area contributed by atoms with Crippen LogP contribution in [0.4, 0.5) is 5.82 Å². The van der Waals surface area contributed by atoms with Gasteiger partial charge in [-0.1, -0.05) is 30.3 Å². The van der Waals surface area contributed by atoms with Gasteiger partial charge in [0.15, 0.2) is 0 Å². The van der Waals surface area contributed by atoms with Crippen LogP contribution >= 0.6 is 0 Å². The van der Waals surface area contributed by atoms with Crippen LogP contribution in [-0.4, -0.2) is 37.1 Å². The van der Waals surface area contributed by atoms with Gasteiger partial charge >= 0.3 is 0 Å². The van der Waals surface area contributed by atoms with Crippen LogP contribution in [0.25, 0.3) is 0 Å². The van der Waals surface area contributed by atoms with Gasteiger partial charge in [0.1, 0.15) is 5.82 Å². The third-order valence-corrected chi connectivity index (χ3v) is 4.52. The molecule has 6 heteroatoms. The van der Waals surface area contributed by atoms with Crippen molar-refractivity contribution in [2.75, 3.05) is 31.1 Å². The molecule has 1 saturated heterocycles. The summed E-state index contributed by atoms with van der Waals surface area (Å²) in [6.45, 7) is 4.02. The highest BCUT2D eigenvalue weighted by Gasteiger charge is 2.15. The van der Waals surface area contributed by atoms with E-state index < -0.39 is 0 Å². The van der Waals surface area contributed by atoms with Crippen LogP contribution in [0.1, 0.15) is 16.7 Å². The number of carbonyl (C=O) groups excluding carboxylic acids is 1. The molecule has 0 spiro atoms. The Hall–Kier alpha value is -2.44. The first kappa shape index (κ1) is 17.4. The number of hydrazine groups is 1. The number of benzene rings is 1. The highest BCUT2D eigenvalue weighted by atomic mass is 16.2. The summed E-state index contributed by atoms with van der Waals surface area (Å²) in [7, 11) is 0. The van der Waals surface area contributed by atoms with Gasteiger partial charge in [-0.15, -0.1) is 0 Å². The molecule has 0 saturated carbocycles. The molecule has 0 bridgehead atoms. The summed E-state index contributed by atoms with van der Waals surface area (Å²) in [4.78, 5) is 18.3. The van der Waals surface area contributed by atoms with Crippen molar-refractivity contribution in [3.8, 4) is 0 Å². The van der Waals surface area contributed by atoms with Gasteiger partial charge in [0, 0.05) is 32.4 Å². The summed E-state index contributed by atoms with van der Waals surface area (Å²) >= 11 is 0. The van der Waals surface area contributed by atoms with Crippen LogP contribution in [0.15, 0.2) is 42.6 Å². The third kappa shape index (κ3) is 4.78. The molecule has 3 rings (SSSR count). The molecule has 2 heterocycles. The molecule has 1 fully saturated rings. The highest BCUT2D eigenvalue weighted by molar-refractivity contribution is 5.77. The number of rotatable bonds is 6. The predicted molar refractivity (Wildman–Crippen MR) is 99.2 cm³/mol. The molecule has 0 atom stereocenters. The molecule has 1 aromatic heterocycles. The van der Waals surface area contributed by atoms with Gasteiger partial charge in [0.05, 0.1) is 6.42 Å². The van der Waals surface area contributed by atoms with Crippen molar-refractivity contribution in [2.45, 2.75) is 19.3 Å². The number of amides is 1. The van der Waals surface area contributed by atoms with Crippen LogP contribution in [0.2, 0.25) is 0 Å². The molecule has 132 valence electrons. The van der Waals surface area contributed by atoms with E-state index in [2.05, 4.69) is 38.8 Å². The fourth-order valence-electron chi connectivity index (χ4n) is 3.13. The Kier molecular flexibility index (Phi) is 5.98. The average molecular weight is 339 g/mol. The number of hydrogen-bond donors (Lipinski definition) is 3. The molecule has 0 unspecified atom stereocenters. The zero-order valence-corrected chi connectivity index (χ0v) is 14.4. The Balaban J connectivity index is 1.62. The highest BCUT2D eigenvalue weighted by Crippen LogP contribution is 2.20. The molecule has 1 aliphatic rings. The topological polar surface area (TPSA) is 83.3 Å². The SMILES string of the molecule is NNC(=O)Cc1ccc(CCc2cccnc2N2CCNCC2)cc1. The number of aryl methyl sites for hydroxylation is 2. The molecule has 25 heavy (non-hydrogen) atoms. The fourth-order valence-corrected chi connectivity index (χ4v) is 3.13. The maximum atomic E-state index is 11.3. The van der Waals surface area contributed by atoms with Gasteiger partial charge < -0.3 is 10.2 Å². The normalized spacial score (nSPS) is 14.4. The number of aromatic nitrogens is 1. The number of nitrogens with zero attached hydrogens (tertiary/aromatic N) is 2. The lowest BCUT2D eigenvalue weighted by Gasteiger charge is -2.30. The van der Waals surface area contributed by atoms with Gasteiger partial charge in [-0.2, -0.15) is 0 Å². The Morgan fingerprint density at radius 1 is 1.12 bits per heavy atom. The molecule has 0 radical (unpaired) electrons. The van der Waals surface area contributed by atoms with Crippen molar-refractivity contribution in [1.29, 1.82) is 0 Å². The number of nitrogens with two attached hydrogens (primary N) is 1. The number of hydrogen-bond acceptors (Lipinski definition) is 5. The number of anilines is 1. The van der Waals surface area contributed by atoms with E-state index in [0.717, 1.165) is 50.4 Å². The molecule has 1 amide bonds. The number of pyridine rings is 1. The summed E-state index contributed by atoms with van der Waals surface area (Å²) in [5.41, 5.74) is 5.67. The van der Waals surface area contributed by atoms with E-state index in [1.54, 1.807) is 0 Å². The van der Waals surface area contributed by atoms with Crippen LogP contribution < -0.4 is 21.5 Å². The minimum absolute atomic E-state index is 0.177. The van der Waals surface area contributed by atoms with Gasteiger partial charge in [-0.3, -0.25) is 10.2 Å². The van der Waals surface area contributed by atoms with E-state index in [1.165, 1.54) is 11.1 Å². The van der Waals surface area contributed by atoms with Gasteiger partial charge in [0.25, 0.3) is 0 Å². The second kappa shape index (κ2) is 8.60. The molecule has 4 N–H and O–H groups in total. The smallest absolute Gasteiger partial charge is 0.238 e. The van der Waals surface area contributed by atoms with Crippen molar-refractivity contribution in [2.24, 2.45) is 5.84 Å². The summed E-state index contributed by atoms with van der Waals surface area (Å²) in [6.07, 6.45) is 4.09. The van der Waals surface area contributed by atoms with Crippen LogP contribution in [0.5, 0.6) is 0 Å². The first-order valence-electron chi connectivity index (χ1n) is 8.73. The fraction of sp³-hybridized carbons (Fsp3) is 0.368. The quantitative estimate of drug-likeness (QED) is 0.412. The lowest BCUT2D eigenvalue weighted by Crippen LogP contribution is -2.44. The molecular formula is C19H25N5O. The predicted octanol–water partition coefficient (Wildman–Crippen LogP) is 0.809. The molecular weight excluding hydrogens is 314 g/mol. The van der Waals surface area contributed by atoms with Gasteiger partial charge in [-0.05, 0) is 35.6 Å². The number of nitrogens with one attached hydrogen (secondary N) is 2. The van der Waals surface area contributed by atoms with Crippen molar-refractivity contribution in [3.63, 3.8) is 0 Å². The Bertz CT molecular complexity index is 695. The van der Waals surface area contributed by atoms with E-state index in [1.807, 2.05) is 24.4 Å². The first-order chi connectivity index (χ1) is 12.3. The molecule has 1 aromatic carbocycles. The van der Waals surface area contributed by atoms with E-state index in [-0.39, 0.29) is 5.91 Å². The molecule has 6 nitrogen and oxygen atoms in total. The number of piperazine rings is 1. The van der Waals surface area contributed by atoms with Crippen LogP contribution in [-0.2, 0) is 24.1 Å². The monoisotopic (exact) mass is 339 g/mol. The van der Waals surface area contributed by atoms with E-state index in [4.69, 9.17) is 5.84 Å². The Morgan fingerprint density at radius 2 is 1.84 bits per heavy atom. The van der Waals surface area contributed by atoms with Crippen molar-refractivity contribution in [1.82, 2.24) is 15.7 Å². The first-order valence-corrected chi connectivity index (χ1v) is 8.73. The molecule has 2 aromatic rings. The summed E-state index contributed by atoms with van der Waals surface area (Å²) < 4.78 is 0. The van der Waals surface area contributed by atoms with Gasteiger partial charge in [0.2, 0.25) is 5.91 Å². The largest absolute Gasteiger partial charge is 0.354 e. The van der Waals surface area contributed by atoms with E-state index in [0.29, 0.717) is 6.42 Å². The second-order valence-electron chi connectivity index (χ2n) is 6.28. The van der Waals surface area contributed by atoms with Gasteiger partial charge in [-0.25, -0.2) is 10.8 Å². The zero-order chi connectivity index (χ0) is 17.5. The van der Waals surface area contributed by atoms with Crippen LogP contribution in [0, 0.1) is 0 Å². The minimum Gasteiger partial charge on any atom is -0.354 e. The average Bonchev–Trinajstić information content (AvgIpc) is 2.68. The van der Waals surface area contributed by atoms with Crippen molar-refractivity contribution < 1.29 is 4.79 Å². The molecule has 0 aliphatic carbocycles. The summed E-state index contributed by atoms with van der Waals surface area (Å²) in [5.74, 6) is 6.06. The lowest BCUT2D eigenvalue weighted by atomic mass is 10.0. The minimum atomic E-state index is -0.177. The third-order valence-electron chi connectivity index (χ3n) is 4.52. The van der Waals surface area contributed by atoms with Crippen molar-refractivity contribution in [3.05, 3.63) is 59.3 Å². The number of carbonyl (C=O) groups is 1. The second-order valence-corrected chi connectivity index (χ2v) is 6.28. The Morgan fingerprint density at radius 3 is 2.56 bits per heavy atom.